The highest BCUT2D eigenvalue weighted by Crippen LogP contribution is 2.46. The van der Waals surface area contributed by atoms with E-state index in [1.165, 1.54) is 11.1 Å². The molecule has 328 valence electrons. The number of rotatable bonds is 2. The third-order valence-electron chi connectivity index (χ3n) is 12.3. The molecule has 4 aromatic heterocycles. The average Bonchev–Trinajstić information content (AvgIpc) is 4.07. The second kappa shape index (κ2) is 16.3. The van der Waals surface area contributed by atoms with E-state index in [1.54, 1.807) is 24.3 Å². The Morgan fingerprint density at radius 2 is 0.879 bits per heavy atom. The predicted molar refractivity (Wildman–Crippen MR) is 277 cm³/mol. The highest BCUT2D eigenvalue weighted by Gasteiger charge is 2.23. The number of hydrogen-bond acceptors (Lipinski definition) is 8. The molecular formula is C56H46BIO8. The number of phenolic OH excluding ortho intramolecular Hbond substituents is 2. The van der Waals surface area contributed by atoms with Gasteiger partial charge in [0.15, 0.2) is 0 Å². The summed E-state index contributed by atoms with van der Waals surface area (Å²) in [6, 6.07) is 46.8. The van der Waals surface area contributed by atoms with Crippen molar-refractivity contribution in [3.8, 4) is 22.6 Å². The molecule has 0 saturated heterocycles. The smallest absolute Gasteiger partial charge is 0.492 e. The Balaban J connectivity index is 0.000000125. The van der Waals surface area contributed by atoms with Gasteiger partial charge in [-0.1, -0.05) is 126 Å². The number of benzene rings is 8. The zero-order valence-corrected chi connectivity index (χ0v) is 39.4. The Bertz CT molecular complexity index is 3820. The number of fused-ring (bicyclic) bond motifs is 12. The number of aromatic hydroxyl groups is 2. The standard InChI is InChI=1S/C28H22O3.C16H17BO3.C12H7IO2/c1-28(2,3)16-11-13-23-20(15-16)17-8-6-9-19(27(17)31-23)25-21(29)12-14-24-26(25)18-7-4-5-10-22(18)30-24;1-16(2,3)10-7-8-14-12(9-10)11-5-4-6-13(17(18)19)15(11)20-14;13-12-8(14)5-6-10-11(12)7-3-1-2-4-9(7)15-10/h4-15,29H,1-3H3;4-9,18-19H,1-3H3;1-6,14H. The van der Waals surface area contributed by atoms with Crippen molar-refractivity contribution < 1.29 is 37.9 Å². The van der Waals surface area contributed by atoms with Gasteiger partial charge in [-0.2, -0.15) is 0 Å². The summed E-state index contributed by atoms with van der Waals surface area (Å²) in [5.41, 5.74) is 10.8. The van der Waals surface area contributed by atoms with Crippen LogP contribution in [-0.2, 0) is 10.8 Å². The second-order valence-corrected chi connectivity index (χ2v) is 19.8. The maximum absolute atomic E-state index is 10.9. The maximum atomic E-state index is 10.9. The van der Waals surface area contributed by atoms with E-state index in [4.69, 9.17) is 17.7 Å². The van der Waals surface area contributed by atoms with Gasteiger partial charge in [0.2, 0.25) is 0 Å². The minimum atomic E-state index is -1.53. The van der Waals surface area contributed by atoms with E-state index in [9.17, 15) is 20.3 Å². The molecule has 10 heteroatoms. The molecule has 0 aliphatic heterocycles. The SMILES string of the molecule is CC(C)(C)c1ccc2oc3c(-c4c(O)ccc5oc6ccccc6c45)cccc3c2c1.CC(C)(C)c1ccc2oc3c(B(O)O)cccc3c2c1.Oc1ccc2oc3ccccc3c2c1I. The van der Waals surface area contributed by atoms with Crippen LogP contribution in [0.15, 0.2) is 163 Å². The Morgan fingerprint density at radius 1 is 0.424 bits per heavy atom. The molecule has 12 rings (SSSR count). The third kappa shape index (κ3) is 7.52. The van der Waals surface area contributed by atoms with Gasteiger partial charge in [-0.3, -0.25) is 0 Å². The fourth-order valence-electron chi connectivity index (χ4n) is 8.79. The lowest BCUT2D eigenvalue weighted by Crippen LogP contribution is -2.29. The third-order valence-corrected chi connectivity index (χ3v) is 13.4. The molecule has 0 aliphatic rings. The summed E-state index contributed by atoms with van der Waals surface area (Å²) >= 11 is 2.14. The van der Waals surface area contributed by atoms with Crippen molar-refractivity contribution in [1.82, 2.24) is 0 Å². The molecule has 8 nitrogen and oxygen atoms in total. The Hall–Kier alpha value is -6.73. The van der Waals surface area contributed by atoms with Gasteiger partial charge < -0.3 is 37.9 Å². The topological polar surface area (TPSA) is 133 Å². The number of furan rings is 4. The van der Waals surface area contributed by atoms with Gasteiger partial charge >= 0.3 is 7.12 Å². The normalized spacial score (nSPS) is 12.1. The molecule has 0 fully saturated rings. The van der Waals surface area contributed by atoms with Gasteiger partial charge in [0.05, 0.1) is 3.57 Å². The van der Waals surface area contributed by atoms with Crippen LogP contribution in [0.4, 0.5) is 0 Å². The van der Waals surface area contributed by atoms with Crippen LogP contribution in [0, 0.1) is 3.57 Å². The highest BCUT2D eigenvalue weighted by atomic mass is 127. The minimum absolute atomic E-state index is 0.0506. The Morgan fingerprint density at radius 3 is 1.45 bits per heavy atom. The quantitative estimate of drug-likeness (QED) is 0.0994. The summed E-state index contributed by atoms with van der Waals surface area (Å²) in [7, 11) is -1.53. The van der Waals surface area contributed by atoms with Crippen LogP contribution in [0.3, 0.4) is 0 Å². The summed E-state index contributed by atoms with van der Waals surface area (Å²) < 4.78 is 24.7. The zero-order valence-electron chi connectivity index (χ0n) is 37.2. The molecule has 4 heterocycles. The molecule has 12 aromatic rings. The van der Waals surface area contributed by atoms with Gasteiger partial charge in [-0.15, -0.1) is 0 Å². The van der Waals surface area contributed by atoms with Crippen molar-refractivity contribution in [3.63, 3.8) is 0 Å². The summed E-state index contributed by atoms with van der Waals surface area (Å²) in [5, 5.41) is 47.4. The van der Waals surface area contributed by atoms with Gasteiger partial charge in [0.25, 0.3) is 0 Å². The summed E-state index contributed by atoms with van der Waals surface area (Å²) in [6.07, 6.45) is 0. The van der Waals surface area contributed by atoms with Gasteiger partial charge in [-0.25, -0.2) is 0 Å². The molecule has 66 heavy (non-hydrogen) atoms. The van der Waals surface area contributed by atoms with Crippen LogP contribution < -0.4 is 5.46 Å². The van der Waals surface area contributed by atoms with Crippen molar-refractivity contribution in [2.75, 3.05) is 0 Å². The molecule has 0 unspecified atom stereocenters. The van der Waals surface area contributed by atoms with Crippen LogP contribution >= 0.6 is 22.6 Å². The summed E-state index contributed by atoms with van der Waals surface area (Å²) in [4.78, 5) is 0. The average molecular weight is 985 g/mol. The van der Waals surface area contributed by atoms with E-state index >= 15 is 0 Å². The molecule has 0 amide bonds. The van der Waals surface area contributed by atoms with Crippen LogP contribution in [0.1, 0.15) is 52.7 Å². The first kappa shape index (κ1) is 43.2. The first-order valence-corrected chi connectivity index (χ1v) is 22.8. The number of para-hydroxylation sites is 4. The molecule has 0 bridgehead atoms. The lowest BCUT2D eigenvalue weighted by atomic mass is 9.79. The van der Waals surface area contributed by atoms with E-state index in [1.807, 2.05) is 91.0 Å². The van der Waals surface area contributed by atoms with E-state index in [0.29, 0.717) is 16.8 Å². The molecule has 0 atom stereocenters. The summed E-state index contributed by atoms with van der Waals surface area (Å²) in [6.45, 7) is 13.1. The van der Waals surface area contributed by atoms with Crippen molar-refractivity contribution in [1.29, 1.82) is 0 Å². The van der Waals surface area contributed by atoms with Crippen LogP contribution in [-0.4, -0.2) is 27.4 Å². The van der Waals surface area contributed by atoms with Crippen molar-refractivity contribution in [3.05, 3.63) is 160 Å². The van der Waals surface area contributed by atoms with Gasteiger partial charge in [-0.05, 0) is 105 Å². The number of halogens is 1. The molecular weight excluding hydrogens is 938 g/mol. The fraction of sp³-hybridized carbons (Fsp3) is 0.143. The largest absolute Gasteiger partial charge is 0.507 e. The lowest BCUT2D eigenvalue weighted by molar-refractivity contribution is 0.425. The first-order valence-electron chi connectivity index (χ1n) is 21.8. The Labute approximate surface area is 393 Å². The molecule has 0 saturated carbocycles. The minimum Gasteiger partial charge on any atom is -0.507 e. The predicted octanol–water partition coefficient (Wildman–Crippen LogP) is 14.6. The van der Waals surface area contributed by atoms with Crippen LogP contribution in [0.2, 0.25) is 0 Å². The number of phenols is 2. The van der Waals surface area contributed by atoms with Crippen LogP contribution in [0.5, 0.6) is 11.5 Å². The molecule has 0 radical (unpaired) electrons. The zero-order chi connectivity index (χ0) is 46.2. The van der Waals surface area contributed by atoms with E-state index in [-0.39, 0.29) is 16.6 Å². The van der Waals surface area contributed by atoms with Crippen LogP contribution in [0.25, 0.3) is 98.9 Å². The van der Waals surface area contributed by atoms with Crippen molar-refractivity contribution >= 4 is 123 Å². The molecule has 0 spiro atoms. The lowest BCUT2D eigenvalue weighted by Gasteiger charge is -2.18. The Kier molecular flexibility index (Phi) is 10.7. The van der Waals surface area contributed by atoms with Crippen molar-refractivity contribution in [2.45, 2.75) is 52.4 Å². The second-order valence-electron chi connectivity index (χ2n) is 18.7. The van der Waals surface area contributed by atoms with E-state index < -0.39 is 7.12 Å². The van der Waals surface area contributed by atoms with E-state index in [2.05, 4.69) is 94.5 Å². The van der Waals surface area contributed by atoms with Gasteiger partial charge in [0, 0.05) is 59.7 Å². The van der Waals surface area contributed by atoms with Gasteiger partial charge in [0.1, 0.15) is 56.2 Å². The monoisotopic (exact) mass is 984 g/mol. The maximum Gasteiger partial charge on any atom is 0.492 e. The molecule has 4 N–H and O–H groups in total. The number of hydrogen-bond donors (Lipinski definition) is 4. The first-order chi connectivity index (χ1) is 31.6. The highest BCUT2D eigenvalue weighted by molar-refractivity contribution is 14.1. The fourth-order valence-corrected chi connectivity index (χ4v) is 9.53. The molecule has 8 aromatic carbocycles. The van der Waals surface area contributed by atoms with Crippen molar-refractivity contribution in [2.24, 2.45) is 0 Å². The molecule has 0 aliphatic carbocycles. The van der Waals surface area contributed by atoms with E-state index in [0.717, 1.165) is 96.9 Å². The summed E-state index contributed by atoms with van der Waals surface area (Å²) in [5.74, 6) is 0.511.